The molecule has 0 unspecified atom stereocenters. The summed E-state index contributed by atoms with van der Waals surface area (Å²) >= 11 is 1.35. The molecule has 1 aliphatic rings. The van der Waals surface area contributed by atoms with Crippen LogP contribution < -0.4 is 5.32 Å². The molecule has 6 nitrogen and oxygen atoms in total. The topological polar surface area (TPSA) is 75.7 Å². The van der Waals surface area contributed by atoms with Gasteiger partial charge in [-0.3, -0.25) is 9.59 Å². The summed E-state index contributed by atoms with van der Waals surface area (Å²) < 4.78 is 5.34. The molecule has 1 fully saturated rings. The first kappa shape index (κ1) is 22.4. The van der Waals surface area contributed by atoms with Gasteiger partial charge in [0.05, 0.1) is 5.56 Å². The summed E-state index contributed by atoms with van der Waals surface area (Å²) in [5.74, 6) is -0.883. The van der Waals surface area contributed by atoms with Crippen LogP contribution in [0.1, 0.15) is 73.7 Å². The fourth-order valence-electron chi connectivity index (χ4n) is 3.04. The first-order valence-corrected chi connectivity index (χ1v) is 10.8. The number of nitrogens with one attached hydrogen (secondary N) is 1. The Morgan fingerprint density at radius 1 is 1.04 bits per heavy atom. The van der Waals surface area contributed by atoms with Gasteiger partial charge in [-0.1, -0.05) is 40.0 Å². The SMILES string of the molecule is Cc1sc(NC(=O)C(C)(C)C)c(C(=O)OCC(=O)N2CCCCCCC2)c1C. The summed E-state index contributed by atoms with van der Waals surface area (Å²) in [4.78, 5) is 40.2. The van der Waals surface area contributed by atoms with Crippen LogP contribution in [0.2, 0.25) is 0 Å². The second-order valence-corrected chi connectivity index (χ2v) is 9.64. The number of anilines is 1. The lowest BCUT2D eigenvalue weighted by atomic mass is 9.96. The van der Waals surface area contributed by atoms with E-state index in [1.807, 2.05) is 34.6 Å². The number of nitrogens with zero attached hydrogens (tertiary/aromatic N) is 1. The van der Waals surface area contributed by atoms with Crippen molar-refractivity contribution in [3.8, 4) is 0 Å². The average molecular weight is 409 g/mol. The van der Waals surface area contributed by atoms with Gasteiger partial charge in [0.25, 0.3) is 5.91 Å². The zero-order valence-corrected chi connectivity index (χ0v) is 18.5. The molecule has 7 heteroatoms. The van der Waals surface area contributed by atoms with E-state index in [2.05, 4.69) is 5.32 Å². The molecule has 2 amide bonds. The monoisotopic (exact) mass is 408 g/mol. The molecule has 1 saturated heterocycles. The number of carbonyl (C=O) groups is 3. The van der Waals surface area contributed by atoms with E-state index in [1.54, 1.807) is 4.90 Å². The van der Waals surface area contributed by atoms with E-state index in [4.69, 9.17) is 4.74 Å². The number of carbonyl (C=O) groups excluding carboxylic acids is 3. The van der Waals surface area contributed by atoms with E-state index in [-0.39, 0.29) is 18.4 Å². The Balaban J connectivity index is 2.05. The van der Waals surface area contributed by atoms with E-state index >= 15 is 0 Å². The summed E-state index contributed by atoms with van der Waals surface area (Å²) in [6, 6.07) is 0. The van der Waals surface area contributed by atoms with Crippen LogP contribution in [-0.4, -0.2) is 42.4 Å². The van der Waals surface area contributed by atoms with E-state index in [9.17, 15) is 14.4 Å². The molecular formula is C21H32N2O4S. The summed E-state index contributed by atoms with van der Waals surface area (Å²) in [6.45, 7) is 10.4. The number of amides is 2. The predicted octanol–water partition coefficient (Wildman–Crippen LogP) is 4.30. The van der Waals surface area contributed by atoms with Crippen LogP contribution in [0.25, 0.3) is 0 Å². The zero-order valence-electron chi connectivity index (χ0n) is 17.6. The summed E-state index contributed by atoms with van der Waals surface area (Å²) in [5, 5.41) is 3.33. The molecule has 1 aromatic heterocycles. The molecule has 0 aliphatic carbocycles. The maximum absolute atomic E-state index is 12.7. The lowest BCUT2D eigenvalue weighted by Gasteiger charge is -2.24. The third kappa shape index (κ3) is 5.80. The van der Waals surface area contributed by atoms with Crippen LogP contribution >= 0.6 is 11.3 Å². The Morgan fingerprint density at radius 2 is 1.61 bits per heavy atom. The third-order valence-electron chi connectivity index (χ3n) is 5.03. The Hall–Kier alpha value is -1.89. The standard InChI is InChI=1S/C21H32N2O4S/c1-14-15(2)28-18(22-20(26)21(3,4)5)17(14)19(25)27-13-16(24)23-11-9-7-6-8-10-12-23/h6-13H2,1-5H3,(H,22,26). The third-order valence-corrected chi connectivity index (χ3v) is 6.16. The second-order valence-electron chi connectivity index (χ2n) is 8.42. The second kappa shape index (κ2) is 9.54. The van der Waals surface area contributed by atoms with E-state index in [0.29, 0.717) is 10.6 Å². The predicted molar refractivity (Wildman–Crippen MR) is 112 cm³/mol. The van der Waals surface area contributed by atoms with Gasteiger partial charge in [0, 0.05) is 23.4 Å². The van der Waals surface area contributed by atoms with Gasteiger partial charge in [-0.2, -0.15) is 0 Å². The molecule has 2 heterocycles. The molecule has 156 valence electrons. The minimum absolute atomic E-state index is 0.153. The first-order valence-electron chi connectivity index (χ1n) is 9.97. The summed E-state index contributed by atoms with van der Waals surface area (Å²) in [7, 11) is 0. The number of hydrogen-bond acceptors (Lipinski definition) is 5. The fraction of sp³-hybridized carbons (Fsp3) is 0.667. The lowest BCUT2D eigenvalue weighted by Crippen LogP contribution is -2.37. The van der Waals surface area contributed by atoms with Crippen molar-refractivity contribution in [1.82, 2.24) is 4.90 Å². The zero-order chi connectivity index (χ0) is 20.9. The van der Waals surface area contributed by atoms with Gasteiger partial charge in [-0.25, -0.2) is 4.79 Å². The largest absolute Gasteiger partial charge is 0.452 e. The smallest absolute Gasteiger partial charge is 0.341 e. The van der Waals surface area contributed by atoms with Gasteiger partial charge >= 0.3 is 5.97 Å². The number of ether oxygens (including phenoxy) is 1. The quantitative estimate of drug-likeness (QED) is 0.754. The minimum Gasteiger partial charge on any atom is -0.452 e. The van der Waals surface area contributed by atoms with E-state index in [1.165, 1.54) is 17.8 Å². The van der Waals surface area contributed by atoms with Gasteiger partial charge in [0.1, 0.15) is 5.00 Å². The summed E-state index contributed by atoms with van der Waals surface area (Å²) in [6.07, 6.45) is 5.47. The number of likely N-dealkylation sites (tertiary alicyclic amines) is 1. The van der Waals surface area contributed by atoms with Crippen molar-refractivity contribution in [3.63, 3.8) is 0 Å². The molecule has 0 bridgehead atoms. The number of aryl methyl sites for hydroxylation is 1. The highest BCUT2D eigenvalue weighted by Gasteiger charge is 2.27. The molecule has 0 radical (unpaired) electrons. The maximum atomic E-state index is 12.7. The van der Waals surface area contributed by atoms with Crippen molar-refractivity contribution in [2.75, 3.05) is 25.0 Å². The van der Waals surface area contributed by atoms with Crippen molar-refractivity contribution in [3.05, 3.63) is 16.0 Å². The summed E-state index contributed by atoms with van der Waals surface area (Å²) in [5.41, 5.74) is 0.549. The van der Waals surface area contributed by atoms with Crippen LogP contribution in [0.3, 0.4) is 0 Å². The van der Waals surface area contributed by atoms with Crippen molar-refractivity contribution in [2.24, 2.45) is 5.41 Å². The molecule has 1 aromatic rings. The molecule has 0 aromatic carbocycles. The van der Waals surface area contributed by atoms with Crippen LogP contribution in [-0.2, 0) is 14.3 Å². The Morgan fingerprint density at radius 3 is 2.18 bits per heavy atom. The van der Waals surface area contributed by atoms with Crippen LogP contribution in [0.4, 0.5) is 5.00 Å². The molecule has 0 saturated carbocycles. The van der Waals surface area contributed by atoms with Gasteiger partial charge in [0.15, 0.2) is 6.61 Å². The highest BCUT2D eigenvalue weighted by Crippen LogP contribution is 2.34. The Bertz CT molecular complexity index is 725. The molecule has 2 rings (SSSR count). The molecule has 0 atom stereocenters. The highest BCUT2D eigenvalue weighted by atomic mass is 32.1. The molecule has 1 aliphatic heterocycles. The fourth-order valence-corrected chi connectivity index (χ4v) is 4.08. The number of hydrogen-bond donors (Lipinski definition) is 1. The molecule has 1 N–H and O–H groups in total. The maximum Gasteiger partial charge on any atom is 0.341 e. The minimum atomic E-state index is -0.575. The number of esters is 1. The van der Waals surface area contributed by atoms with Crippen molar-refractivity contribution in [2.45, 2.75) is 66.7 Å². The average Bonchev–Trinajstić information content (AvgIpc) is 2.85. The Kier molecular flexibility index (Phi) is 7.63. The Labute approximate surface area is 171 Å². The van der Waals surface area contributed by atoms with Crippen LogP contribution in [0.15, 0.2) is 0 Å². The van der Waals surface area contributed by atoms with E-state index < -0.39 is 11.4 Å². The lowest BCUT2D eigenvalue weighted by molar-refractivity contribution is -0.134. The van der Waals surface area contributed by atoms with Gasteiger partial charge in [-0.15, -0.1) is 11.3 Å². The molecular weight excluding hydrogens is 376 g/mol. The van der Waals surface area contributed by atoms with Gasteiger partial charge in [0.2, 0.25) is 5.91 Å². The van der Waals surface area contributed by atoms with Crippen molar-refractivity contribution in [1.29, 1.82) is 0 Å². The molecule has 28 heavy (non-hydrogen) atoms. The van der Waals surface area contributed by atoms with Crippen molar-refractivity contribution >= 4 is 34.1 Å². The van der Waals surface area contributed by atoms with Crippen LogP contribution in [0, 0.1) is 19.3 Å². The van der Waals surface area contributed by atoms with E-state index in [0.717, 1.165) is 49.2 Å². The highest BCUT2D eigenvalue weighted by molar-refractivity contribution is 7.16. The van der Waals surface area contributed by atoms with Gasteiger partial charge < -0.3 is 15.0 Å². The van der Waals surface area contributed by atoms with Crippen LogP contribution in [0.5, 0.6) is 0 Å². The number of rotatable bonds is 4. The normalized spacial score (nSPS) is 15.5. The molecule has 0 spiro atoms. The number of thiophene rings is 1. The van der Waals surface area contributed by atoms with Gasteiger partial charge in [-0.05, 0) is 32.3 Å². The first-order chi connectivity index (χ1) is 13.1. The van der Waals surface area contributed by atoms with Crippen molar-refractivity contribution < 1.29 is 19.1 Å².